The number of aryl methyl sites for hydroxylation is 2. The zero-order valence-electron chi connectivity index (χ0n) is 13.5. The quantitative estimate of drug-likeness (QED) is 0.693. The molecule has 0 atom stereocenters. The molecule has 7 heteroatoms. The summed E-state index contributed by atoms with van der Waals surface area (Å²) in [5.41, 5.74) is 2.80. The van der Waals surface area contributed by atoms with E-state index in [1.54, 1.807) is 19.5 Å². The maximum atomic E-state index is 5.24. The highest BCUT2D eigenvalue weighted by Crippen LogP contribution is 2.18. The Morgan fingerprint density at radius 1 is 1.30 bits per heavy atom. The van der Waals surface area contributed by atoms with E-state index in [4.69, 9.17) is 9.26 Å². The number of rotatable bonds is 6. The molecule has 0 N–H and O–H groups in total. The Balaban J connectivity index is 1.98. The molecule has 3 rings (SSSR count). The maximum absolute atomic E-state index is 5.24. The van der Waals surface area contributed by atoms with E-state index in [-0.39, 0.29) is 0 Å². The van der Waals surface area contributed by atoms with Crippen molar-refractivity contribution < 1.29 is 9.26 Å². The van der Waals surface area contributed by atoms with E-state index in [0.29, 0.717) is 19.4 Å². The second-order valence-electron chi connectivity index (χ2n) is 5.29. The SMILES string of the molecule is COCCc1nc(Cc2c(C)noc2C)n(-c2cccnc2)n1. The van der Waals surface area contributed by atoms with E-state index >= 15 is 0 Å². The molecule has 0 aliphatic carbocycles. The van der Waals surface area contributed by atoms with Gasteiger partial charge in [0.15, 0.2) is 5.82 Å². The van der Waals surface area contributed by atoms with Crippen LogP contribution in [0.5, 0.6) is 0 Å². The van der Waals surface area contributed by atoms with Crippen molar-refractivity contribution in [2.24, 2.45) is 0 Å². The van der Waals surface area contributed by atoms with Crippen LogP contribution in [0.3, 0.4) is 0 Å². The van der Waals surface area contributed by atoms with Crippen LogP contribution in [0.25, 0.3) is 5.69 Å². The maximum Gasteiger partial charge on any atom is 0.153 e. The van der Waals surface area contributed by atoms with Crippen LogP contribution in [-0.4, -0.2) is 38.6 Å². The van der Waals surface area contributed by atoms with Crippen molar-refractivity contribution in [1.29, 1.82) is 0 Å². The minimum Gasteiger partial charge on any atom is -0.384 e. The third-order valence-corrected chi connectivity index (χ3v) is 3.65. The molecule has 7 nitrogen and oxygen atoms in total. The average molecular weight is 313 g/mol. The highest BCUT2D eigenvalue weighted by Gasteiger charge is 2.17. The number of hydrogen-bond donors (Lipinski definition) is 0. The molecule has 23 heavy (non-hydrogen) atoms. The number of hydrogen-bond acceptors (Lipinski definition) is 6. The highest BCUT2D eigenvalue weighted by molar-refractivity contribution is 5.31. The molecule has 0 spiro atoms. The van der Waals surface area contributed by atoms with E-state index in [9.17, 15) is 0 Å². The van der Waals surface area contributed by atoms with Crippen LogP contribution < -0.4 is 0 Å². The van der Waals surface area contributed by atoms with Crippen molar-refractivity contribution in [1.82, 2.24) is 24.9 Å². The Labute approximate surface area is 134 Å². The fourth-order valence-electron chi connectivity index (χ4n) is 2.40. The molecule has 120 valence electrons. The summed E-state index contributed by atoms with van der Waals surface area (Å²) in [6.45, 7) is 4.43. The lowest BCUT2D eigenvalue weighted by Gasteiger charge is -2.05. The molecule has 3 heterocycles. The molecule has 3 aromatic heterocycles. The number of ether oxygens (including phenoxy) is 1. The third kappa shape index (κ3) is 3.29. The lowest BCUT2D eigenvalue weighted by Crippen LogP contribution is -2.05. The fourth-order valence-corrected chi connectivity index (χ4v) is 2.40. The summed E-state index contributed by atoms with van der Waals surface area (Å²) >= 11 is 0. The van der Waals surface area contributed by atoms with Crippen molar-refractivity contribution in [3.8, 4) is 5.69 Å². The van der Waals surface area contributed by atoms with Crippen LogP contribution in [0.15, 0.2) is 29.0 Å². The van der Waals surface area contributed by atoms with Gasteiger partial charge >= 0.3 is 0 Å². The first-order valence-corrected chi connectivity index (χ1v) is 7.45. The molecule has 0 fully saturated rings. The Morgan fingerprint density at radius 2 is 2.17 bits per heavy atom. The van der Waals surface area contributed by atoms with Gasteiger partial charge in [-0.3, -0.25) is 4.98 Å². The lowest BCUT2D eigenvalue weighted by atomic mass is 10.1. The van der Waals surface area contributed by atoms with Gasteiger partial charge < -0.3 is 9.26 Å². The lowest BCUT2D eigenvalue weighted by molar-refractivity contribution is 0.200. The van der Waals surface area contributed by atoms with E-state index in [0.717, 1.165) is 34.4 Å². The minimum atomic E-state index is 0.585. The van der Waals surface area contributed by atoms with Gasteiger partial charge in [0.25, 0.3) is 0 Å². The summed E-state index contributed by atoms with van der Waals surface area (Å²) in [5.74, 6) is 2.39. The zero-order chi connectivity index (χ0) is 16.2. The van der Waals surface area contributed by atoms with E-state index in [1.807, 2.05) is 30.7 Å². The first-order chi connectivity index (χ1) is 11.2. The topological polar surface area (TPSA) is 78.9 Å². The first-order valence-electron chi connectivity index (χ1n) is 7.45. The van der Waals surface area contributed by atoms with E-state index < -0.39 is 0 Å². The largest absolute Gasteiger partial charge is 0.384 e. The monoisotopic (exact) mass is 313 g/mol. The Bertz CT molecular complexity index is 760. The van der Waals surface area contributed by atoms with E-state index in [1.165, 1.54) is 0 Å². The smallest absolute Gasteiger partial charge is 0.153 e. The zero-order valence-corrected chi connectivity index (χ0v) is 13.5. The number of pyridine rings is 1. The Kier molecular flexibility index (Phi) is 4.47. The molecule has 0 bridgehead atoms. The summed E-state index contributed by atoms with van der Waals surface area (Å²) in [5, 5.41) is 8.60. The second kappa shape index (κ2) is 6.70. The van der Waals surface area contributed by atoms with Crippen LogP contribution in [0.4, 0.5) is 0 Å². The summed E-state index contributed by atoms with van der Waals surface area (Å²) in [6, 6.07) is 3.84. The van der Waals surface area contributed by atoms with Crippen LogP contribution in [0, 0.1) is 13.8 Å². The van der Waals surface area contributed by atoms with Gasteiger partial charge in [-0.15, -0.1) is 0 Å². The van der Waals surface area contributed by atoms with Crippen LogP contribution in [0.2, 0.25) is 0 Å². The number of methoxy groups -OCH3 is 1. The van der Waals surface area contributed by atoms with E-state index in [2.05, 4.69) is 20.2 Å². The Morgan fingerprint density at radius 3 is 2.83 bits per heavy atom. The van der Waals surface area contributed by atoms with Gasteiger partial charge in [0.1, 0.15) is 11.6 Å². The fraction of sp³-hybridized carbons (Fsp3) is 0.375. The standard InChI is InChI=1S/C16H19N5O2/c1-11-14(12(2)23-20-11)9-16-18-15(6-8-22-3)19-21(16)13-5-4-7-17-10-13/h4-5,7,10H,6,8-9H2,1-3H3. The number of nitrogens with zero attached hydrogens (tertiary/aromatic N) is 5. The Hall–Kier alpha value is -2.54. The first kappa shape index (κ1) is 15.4. The molecular weight excluding hydrogens is 294 g/mol. The van der Waals surface area contributed by atoms with Gasteiger partial charge in [-0.25, -0.2) is 9.67 Å². The van der Waals surface area contributed by atoms with Gasteiger partial charge in [-0.1, -0.05) is 5.16 Å². The van der Waals surface area contributed by atoms with Crippen molar-refractivity contribution >= 4 is 0 Å². The van der Waals surface area contributed by atoms with Gasteiger partial charge in [0.2, 0.25) is 0 Å². The van der Waals surface area contributed by atoms with Crippen molar-refractivity contribution in [3.63, 3.8) is 0 Å². The minimum absolute atomic E-state index is 0.585. The molecule has 0 saturated heterocycles. The molecule has 0 amide bonds. The molecule has 0 unspecified atom stereocenters. The number of aromatic nitrogens is 5. The van der Waals surface area contributed by atoms with Crippen LogP contribution >= 0.6 is 0 Å². The average Bonchev–Trinajstić information content (AvgIpc) is 3.12. The normalized spacial score (nSPS) is 11.1. The van der Waals surface area contributed by atoms with Gasteiger partial charge in [0.05, 0.1) is 24.2 Å². The highest BCUT2D eigenvalue weighted by atomic mass is 16.5. The predicted molar refractivity (Wildman–Crippen MR) is 83.5 cm³/mol. The van der Waals surface area contributed by atoms with Gasteiger partial charge in [0, 0.05) is 31.7 Å². The van der Waals surface area contributed by atoms with Crippen molar-refractivity contribution in [3.05, 3.63) is 53.2 Å². The molecular formula is C16H19N5O2. The van der Waals surface area contributed by atoms with Gasteiger partial charge in [-0.2, -0.15) is 5.10 Å². The molecule has 0 aromatic carbocycles. The van der Waals surface area contributed by atoms with Gasteiger partial charge in [-0.05, 0) is 26.0 Å². The molecule has 0 radical (unpaired) electrons. The van der Waals surface area contributed by atoms with Crippen LogP contribution in [-0.2, 0) is 17.6 Å². The van der Waals surface area contributed by atoms with Crippen molar-refractivity contribution in [2.75, 3.05) is 13.7 Å². The van der Waals surface area contributed by atoms with Crippen molar-refractivity contribution in [2.45, 2.75) is 26.7 Å². The summed E-state index contributed by atoms with van der Waals surface area (Å²) in [4.78, 5) is 8.82. The summed E-state index contributed by atoms with van der Waals surface area (Å²) in [6.07, 6.45) is 4.78. The molecule has 3 aromatic rings. The molecule has 0 saturated carbocycles. The van der Waals surface area contributed by atoms with Crippen LogP contribution in [0.1, 0.15) is 28.7 Å². The summed E-state index contributed by atoms with van der Waals surface area (Å²) < 4.78 is 12.2. The molecule has 0 aliphatic heterocycles. The summed E-state index contributed by atoms with van der Waals surface area (Å²) in [7, 11) is 1.67. The molecule has 0 aliphatic rings. The predicted octanol–water partition coefficient (Wildman–Crippen LogP) is 2.05. The third-order valence-electron chi connectivity index (χ3n) is 3.65. The second-order valence-corrected chi connectivity index (χ2v) is 5.29.